The van der Waals surface area contributed by atoms with E-state index in [0.717, 1.165) is 6.54 Å². The summed E-state index contributed by atoms with van der Waals surface area (Å²) < 4.78 is 5.08. The van der Waals surface area contributed by atoms with Gasteiger partial charge in [-0.2, -0.15) is 0 Å². The van der Waals surface area contributed by atoms with E-state index in [0.29, 0.717) is 6.61 Å². The van der Waals surface area contributed by atoms with E-state index in [1.54, 1.807) is 7.11 Å². The Morgan fingerprint density at radius 3 is 3.17 bits per heavy atom. The lowest BCUT2D eigenvalue weighted by atomic mass is 10.1. The van der Waals surface area contributed by atoms with Gasteiger partial charge in [0.05, 0.1) is 6.61 Å². The van der Waals surface area contributed by atoms with Gasteiger partial charge in [-0.1, -0.05) is 13.0 Å². The molecule has 0 radical (unpaired) electrons. The number of likely N-dealkylation sites (N-methyl/N-ethyl adjacent to an activating group) is 1. The van der Waals surface area contributed by atoms with Gasteiger partial charge in [0.15, 0.2) is 0 Å². The van der Waals surface area contributed by atoms with Crippen LogP contribution in [0.5, 0.6) is 0 Å². The molecule has 12 heavy (non-hydrogen) atoms. The number of rotatable bonds is 4. The van der Waals surface area contributed by atoms with Gasteiger partial charge in [0.25, 0.3) is 0 Å². The number of dihydropyridines is 1. The van der Waals surface area contributed by atoms with Gasteiger partial charge in [0.2, 0.25) is 0 Å². The van der Waals surface area contributed by atoms with Crippen LogP contribution in [-0.2, 0) is 4.74 Å². The lowest BCUT2D eigenvalue weighted by Gasteiger charge is -2.23. The van der Waals surface area contributed by atoms with Crippen LogP contribution in [0.3, 0.4) is 0 Å². The van der Waals surface area contributed by atoms with Crippen LogP contribution in [0.25, 0.3) is 0 Å². The Hall–Kier alpha value is -0.800. The fourth-order valence-electron chi connectivity index (χ4n) is 1.22. The van der Waals surface area contributed by atoms with Gasteiger partial charge < -0.3 is 10.1 Å². The molecule has 1 aliphatic heterocycles. The third-order valence-corrected chi connectivity index (χ3v) is 1.76. The third kappa shape index (κ3) is 2.36. The average Bonchev–Trinajstić information content (AvgIpc) is 2.09. The van der Waals surface area contributed by atoms with Crippen LogP contribution >= 0.6 is 0 Å². The van der Waals surface area contributed by atoms with Gasteiger partial charge in [0, 0.05) is 7.11 Å². The average molecular weight is 168 g/mol. The summed E-state index contributed by atoms with van der Waals surface area (Å²) in [6, 6.07) is 0. The zero-order valence-corrected chi connectivity index (χ0v) is 7.63. The minimum Gasteiger partial charge on any atom is -0.380 e. The molecule has 1 unspecified atom stereocenters. The maximum atomic E-state index is 5.08. The molecule has 1 aliphatic rings. The molecule has 0 saturated heterocycles. The first kappa shape index (κ1) is 9.29. The Morgan fingerprint density at radius 2 is 2.50 bits per heavy atom. The maximum Gasteiger partial charge on any atom is 0.101 e. The molecule has 68 valence electrons. The van der Waals surface area contributed by atoms with Crippen LogP contribution in [0, 0.1) is 0 Å². The number of hydrogen-bond donors (Lipinski definition) is 2. The van der Waals surface area contributed by atoms with Crippen molar-refractivity contribution in [3.8, 4) is 0 Å². The minimum atomic E-state index is 0.236. The Bertz CT molecular complexity index is 187. The molecular weight excluding hydrogens is 152 g/mol. The van der Waals surface area contributed by atoms with Crippen molar-refractivity contribution >= 4 is 0 Å². The normalized spacial score (nSPS) is 21.8. The molecule has 0 bridgehead atoms. The van der Waals surface area contributed by atoms with Crippen molar-refractivity contribution < 1.29 is 4.74 Å². The van der Waals surface area contributed by atoms with Gasteiger partial charge in [-0.05, 0) is 24.4 Å². The van der Waals surface area contributed by atoms with Crippen LogP contribution in [0.15, 0.2) is 23.9 Å². The highest BCUT2D eigenvalue weighted by Crippen LogP contribution is 2.04. The first-order chi connectivity index (χ1) is 5.88. The highest BCUT2D eigenvalue weighted by atomic mass is 16.5. The lowest BCUT2D eigenvalue weighted by molar-refractivity contribution is 0.216. The second-order valence-corrected chi connectivity index (χ2v) is 2.69. The Morgan fingerprint density at radius 1 is 1.67 bits per heavy atom. The first-order valence-corrected chi connectivity index (χ1v) is 4.22. The van der Waals surface area contributed by atoms with Gasteiger partial charge >= 0.3 is 0 Å². The molecule has 0 spiro atoms. The molecule has 2 N–H and O–H groups in total. The monoisotopic (exact) mass is 168 g/mol. The van der Waals surface area contributed by atoms with Gasteiger partial charge in [-0.25, -0.2) is 0 Å². The molecule has 3 heteroatoms. The van der Waals surface area contributed by atoms with E-state index in [-0.39, 0.29) is 6.17 Å². The molecular formula is C9H16N2O. The fourth-order valence-corrected chi connectivity index (χ4v) is 1.22. The second-order valence-electron chi connectivity index (χ2n) is 2.69. The van der Waals surface area contributed by atoms with Crippen LogP contribution in [0.4, 0.5) is 0 Å². The van der Waals surface area contributed by atoms with E-state index < -0.39 is 0 Å². The highest BCUT2D eigenvalue weighted by molar-refractivity contribution is 5.22. The van der Waals surface area contributed by atoms with E-state index in [4.69, 9.17) is 4.74 Å². The summed E-state index contributed by atoms with van der Waals surface area (Å²) in [7, 11) is 1.71. The summed E-state index contributed by atoms with van der Waals surface area (Å²) >= 11 is 0. The molecule has 1 atom stereocenters. The van der Waals surface area contributed by atoms with Crippen molar-refractivity contribution in [2.24, 2.45) is 0 Å². The number of methoxy groups -OCH3 is 1. The Balaban J connectivity index is 2.50. The van der Waals surface area contributed by atoms with E-state index in [1.807, 2.05) is 12.3 Å². The van der Waals surface area contributed by atoms with E-state index in [1.165, 1.54) is 5.57 Å². The van der Waals surface area contributed by atoms with Crippen LogP contribution in [-0.4, -0.2) is 26.4 Å². The number of allylic oxidation sites excluding steroid dienone is 2. The summed E-state index contributed by atoms with van der Waals surface area (Å²) in [4.78, 5) is 0. The predicted molar refractivity (Wildman–Crippen MR) is 49.7 cm³/mol. The summed E-state index contributed by atoms with van der Waals surface area (Å²) in [6.07, 6.45) is 6.24. The van der Waals surface area contributed by atoms with Gasteiger partial charge in [0.1, 0.15) is 6.17 Å². The van der Waals surface area contributed by atoms with E-state index in [2.05, 4.69) is 23.6 Å². The largest absolute Gasteiger partial charge is 0.380 e. The Kier molecular flexibility index (Phi) is 3.84. The van der Waals surface area contributed by atoms with Crippen LogP contribution in [0.2, 0.25) is 0 Å². The molecule has 0 aromatic carbocycles. The standard InChI is InChI=1S/C9H16N2O/c1-3-10-9-8(7-12-2)5-4-6-11-9/h4-6,9-11H,3,7H2,1-2H3. The predicted octanol–water partition coefficient (Wildman–Crippen LogP) is 0.612. The molecule has 0 amide bonds. The van der Waals surface area contributed by atoms with Gasteiger partial charge in [-0.15, -0.1) is 0 Å². The van der Waals surface area contributed by atoms with Crippen LogP contribution < -0.4 is 10.6 Å². The smallest absolute Gasteiger partial charge is 0.101 e. The number of nitrogens with one attached hydrogen (secondary N) is 2. The number of ether oxygens (including phenoxy) is 1. The van der Waals surface area contributed by atoms with Crippen molar-refractivity contribution in [2.45, 2.75) is 13.1 Å². The Labute approximate surface area is 73.5 Å². The topological polar surface area (TPSA) is 33.3 Å². The fraction of sp³-hybridized carbons (Fsp3) is 0.556. The van der Waals surface area contributed by atoms with Crippen molar-refractivity contribution in [1.29, 1.82) is 0 Å². The quantitative estimate of drug-likeness (QED) is 0.645. The molecule has 0 fully saturated rings. The first-order valence-electron chi connectivity index (χ1n) is 4.22. The third-order valence-electron chi connectivity index (χ3n) is 1.76. The minimum absolute atomic E-state index is 0.236. The summed E-state index contributed by atoms with van der Waals surface area (Å²) in [5.74, 6) is 0. The summed E-state index contributed by atoms with van der Waals surface area (Å²) in [5, 5.41) is 6.52. The summed E-state index contributed by atoms with van der Waals surface area (Å²) in [6.45, 7) is 3.71. The van der Waals surface area contributed by atoms with Gasteiger partial charge in [-0.3, -0.25) is 5.32 Å². The zero-order valence-electron chi connectivity index (χ0n) is 7.63. The van der Waals surface area contributed by atoms with Crippen molar-refractivity contribution in [3.63, 3.8) is 0 Å². The molecule has 3 nitrogen and oxygen atoms in total. The van der Waals surface area contributed by atoms with Crippen molar-refractivity contribution in [1.82, 2.24) is 10.6 Å². The second kappa shape index (κ2) is 4.95. The molecule has 0 aliphatic carbocycles. The molecule has 1 rings (SSSR count). The molecule has 0 saturated carbocycles. The van der Waals surface area contributed by atoms with E-state index >= 15 is 0 Å². The van der Waals surface area contributed by atoms with Crippen LogP contribution in [0.1, 0.15) is 6.92 Å². The van der Waals surface area contributed by atoms with Crippen molar-refractivity contribution in [2.75, 3.05) is 20.3 Å². The van der Waals surface area contributed by atoms with E-state index in [9.17, 15) is 0 Å². The highest BCUT2D eigenvalue weighted by Gasteiger charge is 2.11. The summed E-state index contributed by atoms with van der Waals surface area (Å²) in [5.41, 5.74) is 1.24. The zero-order chi connectivity index (χ0) is 8.81. The molecule has 1 heterocycles. The van der Waals surface area contributed by atoms with Crippen molar-refractivity contribution in [3.05, 3.63) is 23.9 Å². The number of hydrogen-bond acceptors (Lipinski definition) is 3. The molecule has 0 aromatic rings. The lowest BCUT2D eigenvalue weighted by Crippen LogP contribution is -2.43. The maximum absolute atomic E-state index is 5.08. The SMILES string of the molecule is CCNC1NC=CC=C1COC. The molecule has 0 aromatic heterocycles.